The number of likely N-dealkylation sites (tertiary alicyclic amines) is 2. The van der Waals surface area contributed by atoms with Crippen molar-refractivity contribution in [3.8, 4) is 5.75 Å². The normalized spacial score (nSPS) is 37.8. The Labute approximate surface area is 206 Å². The third-order valence-electron chi connectivity index (χ3n) is 10.5. The third-order valence-corrected chi connectivity index (χ3v) is 10.5. The number of amides is 1. The van der Waals surface area contributed by atoms with Crippen molar-refractivity contribution in [2.45, 2.75) is 62.2 Å². The standard InChI is InChI=1S/C29H35N3O3/c30-20(17-33)16-31-11-10-29-23-13-21(34)7-6-19(23)12-25(31)28(29)9-8-24-26(29)22(14-28)27(35)32(24)15-18-4-2-1-3-5-18/h1-7,13,20,22,24-26,33-34H,8-12,14-17,30H2/t20-,22+,24?,25?,26?,28?,29?/m1/s1. The molecular weight excluding hydrogens is 438 g/mol. The predicted molar refractivity (Wildman–Crippen MR) is 133 cm³/mol. The molecule has 5 unspecified atom stereocenters. The predicted octanol–water partition coefficient (Wildman–Crippen LogP) is 2.41. The van der Waals surface area contributed by atoms with E-state index in [0.717, 1.165) is 38.6 Å². The van der Waals surface area contributed by atoms with Gasteiger partial charge in [-0.15, -0.1) is 0 Å². The van der Waals surface area contributed by atoms with Crippen molar-refractivity contribution >= 4 is 5.91 Å². The molecule has 2 aromatic carbocycles. The molecule has 5 aliphatic rings. The molecule has 2 heterocycles. The smallest absolute Gasteiger partial charge is 0.226 e. The van der Waals surface area contributed by atoms with Crippen molar-refractivity contribution in [3.05, 3.63) is 65.2 Å². The first-order chi connectivity index (χ1) is 17.0. The maximum Gasteiger partial charge on any atom is 0.226 e. The molecule has 7 atom stereocenters. The Balaban J connectivity index is 1.35. The van der Waals surface area contributed by atoms with Crippen molar-refractivity contribution in [3.63, 3.8) is 0 Å². The second kappa shape index (κ2) is 7.55. The molecule has 35 heavy (non-hydrogen) atoms. The van der Waals surface area contributed by atoms with Crippen LogP contribution >= 0.6 is 0 Å². The van der Waals surface area contributed by atoms with Gasteiger partial charge >= 0.3 is 0 Å². The summed E-state index contributed by atoms with van der Waals surface area (Å²) < 4.78 is 0. The van der Waals surface area contributed by atoms with Crippen molar-refractivity contribution in [2.24, 2.45) is 23.0 Å². The lowest BCUT2D eigenvalue weighted by atomic mass is 9.43. The van der Waals surface area contributed by atoms with E-state index in [1.54, 1.807) is 0 Å². The van der Waals surface area contributed by atoms with E-state index in [4.69, 9.17) is 5.73 Å². The second-order valence-electron chi connectivity index (χ2n) is 11.8. The van der Waals surface area contributed by atoms with Gasteiger partial charge in [0, 0.05) is 48.5 Å². The van der Waals surface area contributed by atoms with Crippen molar-refractivity contribution in [2.75, 3.05) is 19.7 Å². The summed E-state index contributed by atoms with van der Waals surface area (Å²) >= 11 is 0. The van der Waals surface area contributed by atoms with E-state index in [2.05, 4.69) is 40.1 Å². The van der Waals surface area contributed by atoms with Gasteiger partial charge in [0.25, 0.3) is 0 Å². The lowest BCUT2D eigenvalue weighted by Crippen LogP contribution is -2.70. The van der Waals surface area contributed by atoms with Gasteiger partial charge in [-0.25, -0.2) is 0 Å². The number of fused-ring (bicyclic) bond motifs is 1. The van der Waals surface area contributed by atoms with Crippen LogP contribution in [0, 0.1) is 17.3 Å². The molecule has 6 nitrogen and oxygen atoms in total. The first-order valence-corrected chi connectivity index (χ1v) is 13.3. The fraction of sp³-hybridized carbons (Fsp3) is 0.552. The highest BCUT2D eigenvalue weighted by Gasteiger charge is 2.77. The van der Waals surface area contributed by atoms with Crippen molar-refractivity contribution in [1.82, 2.24) is 9.80 Å². The minimum absolute atomic E-state index is 0.00786. The summed E-state index contributed by atoms with van der Waals surface area (Å²) in [6.07, 6.45) is 5.01. The van der Waals surface area contributed by atoms with Gasteiger partial charge in [0.1, 0.15) is 5.75 Å². The molecule has 3 aliphatic carbocycles. The van der Waals surface area contributed by atoms with Gasteiger partial charge in [-0.05, 0) is 72.9 Å². The molecule has 2 saturated carbocycles. The molecule has 184 valence electrons. The highest BCUT2D eigenvalue weighted by Crippen LogP contribution is 2.75. The van der Waals surface area contributed by atoms with Gasteiger partial charge in [-0.1, -0.05) is 36.4 Å². The number of carbonyl (C=O) groups is 1. The number of phenols is 1. The summed E-state index contributed by atoms with van der Waals surface area (Å²) in [6.45, 7) is 2.30. The summed E-state index contributed by atoms with van der Waals surface area (Å²) in [6, 6.07) is 16.7. The molecule has 7 rings (SSSR count). The zero-order valence-corrected chi connectivity index (χ0v) is 20.1. The van der Waals surface area contributed by atoms with Crippen LogP contribution in [0.25, 0.3) is 0 Å². The van der Waals surface area contributed by atoms with Gasteiger partial charge in [0.05, 0.1) is 6.61 Å². The lowest BCUT2D eigenvalue weighted by Gasteiger charge is -2.66. The number of rotatable bonds is 5. The fourth-order valence-corrected chi connectivity index (χ4v) is 9.52. The molecule has 0 radical (unpaired) electrons. The van der Waals surface area contributed by atoms with E-state index < -0.39 is 0 Å². The van der Waals surface area contributed by atoms with Crippen LogP contribution in [0.4, 0.5) is 0 Å². The van der Waals surface area contributed by atoms with Crippen molar-refractivity contribution in [1.29, 1.82) is 0 Å². The minimum atomic E-state index is -0.250. The number of piperidine rings is 1. The largest absolute Gasteiger partial charge is 0.508 e. The molecule has 4 bridgehead atoms. The number of aliphatic hydroxyl groups is 1. The summed E-state index contributed by atoms with van der Waals surface area (Å²) in [7, 11) is 0. The Kier molecular flexibility index (Phi) is 4.71. The van der Waals surface area contributed by atoms with Gasteiger partial charge < -0.3 is 20.8 Å². The van der Waals surface area contributed by atoms with Crippen LogP contribution in [-0.4, -0.2) is 63.7 Å². The third kappa shape index (κ3) is 2.73. The average molecular weight is 474 g/mol. The molecule has 2 aliphatic heterocycles. The number of nitrogens with zero attached hydrogens (tertiary/aromatic N) is 2. The molecule has 0 aromatic heterocycles. The highest BCUT2D eigenvalue weighted by molar-refractivity contribution is 5.84. The quantitative estimate of drug-likeness (QED) is 0.621. The van der Waals surface area contributed by atoms with E-state index in [9.17, 15) is 15.0 Å². The monoisotopic (exact) mass is 473 g/mol. The first-order valence-electron chi connectivity index (χ1n) is 13.3. The summed E-state index contributed by atoms with van der Waals surface area (Å²) in [5, 5.41) is 20.3. The van der Waals surface area contributed by atoms with Crippen LogP contribution in [-0.2, 0) is 23.2 Å². The van der Waals surface area contributed by atoms with Crippen LogP contribution < -0.4 is 5.73 Å². The molecule has 0 spiro atoms. The Morgan fingerprint density at radius 1 is 1.14 bits per heavy atom. The first kappa shape index (κ1) is 21.8. The maximum absolute atomic E-state index is 14.0. The number of benzene rings is 2. The average Bonchev–Trinajstić information content (AvgIpc) is 3.24. The van der Waals surface area contributed by atoms with Gasteiger partial charge in [-0.3, -0.25) is 9.69 Å². The van der Waals surface area contributed by atoms with E-state index >= 15 is 0 Å². The Morgan fingerprint density at radius 2 is 1.97 bits per heavy atom. The number of carbonyl (C=O) groups excluding carboxylic acids is 1. The summed E-state index contributed by atoms with van der Waals surface area (Å²) in [4.78, 5) is 18.7. The number of phenolic OH excluding ortho intramolecular Hbond substituents is 1. The minimum Gasteiger partial charge on any atom is -0.508 e. The van der Waals surface area contributed by atoms with Crippen LogP contribution in [0.5, 0.6) is 5.75 Å². The van der Waals surface area contributed by atoms with E-state index in [1.165, 1.54) is 16.7 Å². The lowest BCUT2D eigenvalue weighted by molar-refractivity contribution is -0.139. The molecular formula is C29H35N3O3. The zero-order chi connectivity index (χ0) is 23.9. The van der Waals surface area contributed by atoms with E-state index in [1.807, 2.05) is 18.2 Å². The van der Waals surface area contributed by atoms with Gasteiger partial charge in [-0.2, -0.15) is 0 Å². The molecule has 6 heteroatoms. The van der Waals surface area contributed by atoms with Crippen molar-refractivity contribution < 1.29 is 15.0 Å². The highest BCUT2D eigenvalue weighted by atomic mass is 16.3. The van der Waals surface area contributed by atoms with E-state index in [0.29, 0.717) is 36.7 Å². The fourth-order valence-electron chi connectivity index (χ4n) is 9.52. The second-order valence-corrected chi connectivity index (χ2v) is 11.8. The Bertz CT molecular complexity index is 1170. The molecule has 2 aromatic rings. The van der Waals surface area contributed by atoms with Crippen LogP contribution in [0.3, 0.4) is 0 Å². The molecule has 1 amide bonds. The summed E-state index contributed by atoms with van der Waals surface area (Å²) in [5.74, 6) is 1.01. The molecule has 4 fully saturated rings. The summed E-state index contributed by atoms with van der Waals surface area (Å²) in [5.41, 5.74) is 10.0. The number of nitrogens with two attached hydrogens (primary N) is 1. The van der Waals surface area contributed by atoms with Crippen LogP contribution in [0.15, 0.2) is 48.5 Å². The number of hydrogen-bond acceptors (Lipinski definition) is 5. The maximum atomic E-state index is 14.0. The number of aromatic hydroxyl groups is 1. The van der Waals surface area contributed by atoms with E-state index in [-0.39, 0.29) is 35.4 Å². The Hall–Kier alpha value is -2.41. The topological polar surface area (TPSA) is 90.0 Å². The number of hydrogen-bond donors (Lipinski definition) is 3. The zero-order valence-electron chi connectivity index (χ0n) is 20.1. The van der Waals surface area contributed by atoms with Gasteiger partial charge in [0.2, 0.25) is 5.91 Å². The molecule has 4 N–H and O–H groups in total. The van der Waals surface area contributed by atoms with Gasteiger partial charge in [0.15, 0.2) is 0 Å². The van der Waals surface area contributed by atoms with Crippen LogP contribution in [0.2, 0.25) is 0 Å². The Morgan fingerprint density at radius 3 is 2.77 bits per heavy atom. The SMILES string of the molecule is N[C@@H](CO)CN1CCC23c4cc(O)ccc4CC1C21CCC2C3[C@H](C1)C(=O)N2Cc1ccccc1. The number of aliphatic hydroxyl groups excluding tert-OH is 1. The van der Waals surface area contributed by atoms with Crippen LogP contribution in [0.1, 0.15) is 42.4 Å². The molecule has 2 saturated heterocycles.